The van der Waals surface area contributed by atoms with E-state index in [-0.39, 0.29) is 5.02 Å². The van der Waals surface area contributed by atoms with Crippen LogP contribution in [0.15, 0.2) is 12.1 Å². The van der Waals surface area contributed by atoms with Crippen molar-refractivity contribution in [2.45, 2.75) is 31.7 Å². The zero-order valence-electron chi connectivity index (χ0n) is 11.2. The van der Waals surface area contributed by atoms with Gasteiger partial charge in [-0.3, -0.25) is 4.79 Å². The molecule has 1 heterocycles. The Morgan fingerprint density at radius 2 is 2.10 bits per heavy atom. The second kappa shape index (κ2) is 4.90. The van der Waals surface area contributed by atoms with Crippen LogP contribution in [-0.2, 0) is 10.3 Å². The largest absolute Gasteiger partial charge is 0.368 e. The molecule has 1 atom stereocenters. The highest BCUT2D eigenvalue weighted by Gasteiger charge is 2.33. The van der Waals surface area contributed by atoms with Gasteiger partial charge in [0, 0.05) is 6.07 Å². The lowest BCUT2D eigenvalue weighted by Crippen LogP contribution is -2.42. The van der Waals surface area contributed by atoms with Gasteiger partial charge in [0.2, 0.25) is 5.91 Å². The fraction of sp³-hybridized carbons (Fsp3) is 0.385. The zero-order chi connectivity index (χ0) is 15.2. The number of hydrogen-bond acceptors (Lipinski definition) is 2. The van der Waals surface area contributed by atoms with Gasteiger partial charge in [-0.25, -0.2) is 9.37 Å². The molecular formula is C13H14Cl2FN3O. The van der Waals surface area contributed by atoms with Gasteiger partial charge in [-0.05, 0) is 26.8 Å². The third-order valence-electron chi connectivity index (χ3n) is 3.24. The molecule has 1 amide bonds. The number of aromatic nitrogens is 2. The van der Waals surface area contributed by atoms with E-state index in [2.05, 4.69) is 4.98 Å². The van der Waals surface area contributed by atoms with E-state index in [0.717, 1.165) is 0 Å². The van der Waals surface area contributed by atoms with Crippen molar-refractivity contribution in [3.05, 3.63) is 28.8 Å². The second-order valence-corrected chi connectivity index (χ2v) is 6.16. The van der Waals surface area contributed by atoms with Gasteiger partial charge in [-0.1, -0.05) is 11.6 Å². The van der Waals surface area contributed by atoms with Gasteiger partial charge in [-0.15, -0.1) is 11.6 Å². The molecule has 0 radical (unpaired) electrons. The first-order valence-corrected chi connectivity index (χ1v) is 6.79. The quantitative estimate of drug-likeness (QED) is 0.882. The summed E-state index contributed by atoms with van der Waals surface area (Å²) < 4.78 is 15.1. The summed E-state index contributed by atoms with van der Waals surface area (Å²) in [7, 11) is 0. The first-order chi connectivity index (χ1) is 9.16. The standard InChI is InChI=1S/C13H14Cl2FN3O/c1-6(14)11-18-9-5-8(16)7(15)4-10(9)19(11)13(2,3)12(17)20/h4-6H,1-3H3,(H2,17,20). The molecule has 20 heavy (non-hydrogen) atoms. The van der Waals surface area contributed by atoms with Gasteiger partial charge < -0.3 is 10.3 Å². The highest BCUT2D eigenvalue weighted by atomic mass is 35.5. The molecule has 0 spiro atoms. The van der Waals surface area contributed by atoms with Gasteiger partial charge in [0.25, 0.3) is 0 Å². The molecule has 2 aromatic rings. The van der Waals surface area contributed by atoms with Crippen LogP contribution >= 0.6 is 23.2 Å². The summed E-state index contributed by atoms with van der Waals surface area (Å²) in [6.07, 6.45) is 0. The van der Waals surface area contributed by atoms with Crippen molar-refractivity contribution >= 4 is 40.1 Å². The lowest BCUT2D eigenvalue weighted by atomic mass is 10.0. The van der Waals surface area contributed by atoms with Crippen LogP contribution < -0.4 is 5.73 Å². The number of rotatable bonds is 3. The summed E-state index contributed by atoms with van der Waals surface area (Å²) in [5.41, 5.74) is 5.29. The van der Waals surface area contributed by atoms with Crippen LogP contribution in [0.4, 0.5) is 4.39 Å². The molecule has 1 unspecified atom stereocenters. The number of nitrogens with two attached hydrogens (primary N) is 1. The predicted molar refractivity (Wildman–Crippen MR) is 77.5 cm³/mol. The van der Waals surface area contributed by atoms with Gasteiger partial charge in [0.15, 0.2) is 0 Å². The number of benzene rings is 1. The van der Waals surface area contributed by atoms with Crippen molar-refractivity contribution in [1.29, 1.82) is 0 Å². The number of alkyl halides is 1. The van der Waals surface area contributed by atoms with Crippen molar-refractivity contribution in [2.24, 2.45) is 5.73 Å². The maximum atomic E-state index is 13.5. The monoisotopic (exact) mass is 317 g/mol. The van der Waals surface area contributed by atoms with Crippen LogP contribution in [0.2, 0.25) is 5.02 Å². The van der Waals surface area contributed by atoms with Crippen molar-refractivity contribution in [3.8, 4) is 0 Å². The number of carbonyl (C=O) groups excluding carboxylic acids is 1. The SMILES string of the molecule is CC(Cl)c1nc2cc(F)c(Cl)cc2n1C(C)(C)C(N)=O. The number of hydrogen-bond donors (Lipinski definition) is 1. The molecule has 1 aromatic carbocycles. The second-order valence-electron chi connectivity index (χ2n) is 5.10. The van der Waals surface area contributed by atoms with Crippen molar-refractivity contribution in [3.63, 3.8) is 0 Å². The van der Waals surface area contributed by atoms with E-state index in [0.29, 0.717) is 16.9 Å². The Morgan fingerprint density at radius 3 is 2.60 bits per heavy atom. The Bertz CT molecular complexity index is 694. The Hall–Kier alpha value is -1.33. The lowest BCUT2D eigenvalue weighted by molar-refractivity contribution is -0.125. The highest BCUT2D eigenvalue weighted by Crippen LogP contribution is 2.33. The van der Waals surface area contributed by atoms with Gasteiger partial charge in [0.1, 0.15) is 17.2 Å². The number of amides is 1. The molecule has 0 aliphatic rings. The van der Waals surface area contributed by atoms with E-state index in [1.807, 2.05) is 0 Å². The third-order valence-corrected chi connectivity index (χ3v) is 3.73. The van der Waals surface area contributed by atoms with E-state index >= 15 is 0 Å². The minimum Gasteiger partial charge on any atom is -0.368 e. The van der Waals surface area contributed by atoms with Gasteiger partial charge in [-0.2, -0.15) is 0 Å². The van der Waals surface area contributed by atoms with Crippen LogP contribution in [0.3, 0.4) is 0 Å². The summed E-state index contributed by atoms with van der Waals surface area (Å²) in [6.45, 7) is 5.02. The van der Waals surface area contributed by atoms with Crippen molar-refractivity contribution in [2.75, 3.05) is 0 Å². The molecule has 0 aliphatic heterocycles. The third kappa shape index (κ3) is 2.25. The number of fused-ring (bicyclic) bond motifs is 1. The first kappa shape index (κ1) is 15.1. The molecule has 0 fully saturated rings. The van der Waals surface area contributed by atoms with Crippen molar-refractivity contribution < 1.29 is 9.18 Å². The van der Waals surface area contributed by atoms with Gasteiger partial charge >= 0.3 is 0 Å². The van der Waals surface area contributed by atoms with E-state index in [4.69, 9.17) is 28.9 Å². The molecule has 0 saturated carbocycles. The number of primary amides is 1. The molecule has 0 bridgehead atoms. The molecule has 4 nitrogen and oxygen atoms in total. The van der Waals surface area contributed by atoms with Crippen molar-refractivity contribution in [1.82, 2.24) is 9.55 Å². The highest BCUT2D eigenvalue weighted by molar-refractivity contribution is 6.31. The number of carbonyl (C=O) groups is 1. The normalized spacial score (nSPS) is 13.7. The topological polar surface area (TPSA) is 60.9 Å². The molecule has 1 aromatic heterocycles. The summed E-state index contributed by atoms with van der Waals surface area (Å²) in [5.74, 6) is -0.683. The fourth-order valence-electron chi connectivity index (χ4n) is 2.06. The van der Waals surface area contributed by atoms with Crippen LogP contribution in [0.1, 0.15) is 32.0 Å². The predicted octanol–water partition coefficient (Wildman–Crippen LogP) is 3.35. The average molecular weight is 318 g/mol. The molecule has 2 N–H and O–H groups in total. The maximum Gasteiger partial charge on any atom is 0.243 e. The van der Waals surface area contributed by atoms with Gasteiger partial charge in [0.05, 0.1) is 21.4 Å². The van der Waals surface area contributed by atoms with Crippen LogP contribution in [0.5, 0.6) is 0 Å². The zero-order valence-corrected chi connectivity index (χ0v) is 12.8. The molecule has 0 saturated heterocycles. The Morgan fingerprint density at radius 1 is 1.50 bits per heavy atom. The van der Waals surface area contributed by atoms with E-state index in [9.17, 15) is 9.18 Å². The molecular weight excluding hydrogens is 304 g/mol. The van der Waals surface area contributed by atoms with Crippen LogP contribution in [0.25, 0.3) is 11.0 Å². The molecule has 2 rings (SSSR count). The molecule has 0 aliphatic carbocycles. The Labute approximate surface area is 125 Å². The maximum absolute atomic E-state index is 13.5. The Balaban J connectivity index is 2.89. The minimum absolute atomic E-state index is 0.0484. The number of nitrogens with zero attached hydrogens (tertiary/aromatic N) is 2. The smallest absolute Gasteiger partial charge is 0.243 e. The molecule has 108 valence electrons. The molecule has 7 heteroatoms. The number of halogens is 3. The first-order valence-electron chi connectivity index (χ1n) is 5.98. The average Bonchev–Trinajstić information content (AvgIpc) is 2.68. The minimum atomic E-state index is -1.06. The summed E-state index contributed by atoms with van der Waals surface area (Å²) in [4.78, 5) is 16.0. The summed E-state index contributed by atoms with van der Waals surface area (Å²) >= 11 is 11.9. The Kier molecular flexibility index (Phi) is 3.69. The number of imidazole rings is 1. The fourth-order valence-corrected chi connectivity index (χ4v) is 2.36. The summed E-state index contributed by atoms with van der Waals surface area (Å²) in [5, 5.41) is -0.518. The summed E-state index contributed by atoms with van der Waals surface area (Å²) in [6, 6.07) is 2.64. The van der Waals surface area contributed by atoms with E-state index in [1.165, 1.54) is 12.1 Å². The van der Waals surface area contributed by atoms with E-state index < -0.39 is 22.6 Å². The lowest BCUT2D eigenvalue weighted by Gasteiger charge is -2.26. The van der Waals surface area contributed by atoms with Crippen LogP contribution in [0, 0.1) is 5.82 Å². The van der Waals surface area contributed by atoms with Crippen LogP contribution in [-0.4, -0.2) is 15.5 Å². The van der Waals surface area contributed by atoms with E-state index in [1.54, 1.807) is 25.3 Å².